The van der Waals surface area contributed by atoms with E-state index in [2.05, 4.69) is 11.3 Å². The van der Waals surface area contributed by atoms with Crippen LogP contribution in [0.4, 0.5) is 13.2 Å². The molecule has 0 aliphatic carbocycles. The fourth-order valence-electron chi connectivity index (χ4n) is 0.293. The van der Waals surface area contributed by atoms with Crippen molar-refractivity contribution in [1.29, 1.82) is 0 Å². The van der Waals surface area contributed by atoms with Crippen molar-refractivity contribution in [1.82, 2.24) is 0 Å². The van der Waals surface area contributed by atoms with Gasteiger partial charge in [0.1, 0.15) is 0 Å². The lowest BCUT2D eigenvalue weighted by Crippen LogP contribution is -2.13. The molecule has 13 heavy (non-hydrogen) atoms. The van der Waals surface area contributed by atoms with Gasteiger partial charge in [-0.3, -0.25) is 0 Å². The van der Waals surface area contributed by atoms with Gasteiger partial charge in [0.2, 0.25) is 0 Å². The number of rotatable bonds is 2. The smallest absolute Gasteiger partial charge is 0.380 e. The molecule has 6 heteroatoms. The number of ether oxygens (including phenoxy) is 1. The summed E-state index contributed by atoms with van der Waals surface area (Å²) in [6.07, 6.45) is -2.83. The Hall–Kier alpha value is -1.59. The minimum absolute atomic E-state index is 0.194. The molecule has 3 nitrogen and oxygen atoms in total. The lowest BCUT2D eigenvalue weighted by Gasteiger charge is -1.98. The largest absolute Gasteiger partial charge is 0.384 e. The lowest BCUT2D eigenvalue weighted by molar-refractivity contribution is -0.155. The van der Waals surface area contributed by atoms with E-state index in [1.54, 1.807) is 0 Å². The molecule has 0 aliphatic rings. The topological polar surface area (TPSA) is 43.4 Å². The molecule has 0 aromatic carbocycles. The van der Waals surface area contributed by atoms with E-state index in [4.69, 9.17) is 0 Å². The van der Waals surface area contributed by atoms with E-state index < -0.39 is 23.8 Å². The van der Waals surface area contributed by atoms with Gasteiger partial charge >= 0.3 is 18.0 Å². The van der Waals surface area contributed by atoms with Crippen LogP contribution in [0.25, 0.3) is 0 Å². The highest BCUT2D eigenvalue weighted by molar-refractivity contribution is 6.00. The fourth-order valence-corrected chi connectivity index (χ4v) is 0.293. The van der Waals surface area contributed by atoms with Crippen molar-refractivity contribution in [2.24, 2.45) is 0 Å². The van der Waals surface area contributed by atoms with Crippen molar-refractivity contribution in [2.75, 3.05) is 0 Å². The summed E-state index contributed by atoms with van der Waals surface area (Å²) in [5.74, 6) is -5.65. The minimum atomic E-state index is -2.83. The van der Waals surface area contributed by atoms with Crippen molar-refractivity contribution in [2.45, 2.75) is 6.92 Å². The first-order valence-electron chi connectivity index (χ1n) is 2.99. The molecule has 72 valence electrons. The Morgan fingerprint density at radius 1 is 1.15 bits per heavy atom. The highest BCUT2D eigenvalue weighted by atomic mass is 19.3. The molecule has 0 amide bonds. The molecule has 0 rings (SSSR count). The molecule has 0 heterocycles. The molecule has 0 atom stereocenters. The van der Waals surface area contributed by atoms with Crippen LogP contribution in [0.2, 0.25) is 0 Å². The van der Waals surface area contributed by atoms with Crippen LogP contribution in [0.3, 0.4) is 0 Å². The maximum absolute atomic E-state index is 12.0. The van der Waals surface area contributed by atoms with Gasteiger partial charge in [0, 0.05) is 5.57 Å². The summed E-state index contributed by atoms with van der Waals surface area (Å²) in [4.78, 5) is 20.8. The molecular weight excluding hydrogens is 189 g/mol. The number of hydrogen-bond donors (Lipinski definition) is 0. The molecule has 0 aromatic heterocycles. The van der Waals surface area contributed by atoms with Crippen molar-refractivity contribution in [3.63, 3.8) is 0 Å². The van der Waals surface area contributed by atoms with Crippen LogP contribution < -0.4 is 0 Å². The monoisotopic (exact) mass is 194 g/mol. The van der Waals surface area contributed by atoms with Gasteiger partial charge in [0.05, 0.1) is 0 Å². The average Bonchev–Trinajstić information content (AvgIpc) is 2.02. The highest BCUT2D eigenvalue weighted by Crippen LogP contribution is 2.11. The minimum Gasteiger partial charge on any atom is -0.384 e. The second-order valence-corrected chi connectivity index (χ2v) is 2.03. The van der Waals surface area contributed by atoms with Crippen LogP contribution in [0.15, 0.2) is 24.1 Å². The zero-order valence-corrected chi connectivity index (χ0v) is 6.57. The molecule has 0 unspecified atom stereocenters. The normalized spacial score (nSPS) is 8.92. The average molecular weight is 194 g/mol. The molecule has 0 spiro atoms. The van der Waals surface area contributed by atoms with Gasteiger partial charge in [-0.1, -0.05) is 6.58 Å². The summed E-state index contributed by atoms with van der Waals surface area (Å²) >= 11 is 0. The number of carbonyl (C=O) groups excluding carboxylic acids is 2. The Bertz CT molecular complexity index is 289. The third-order valence-electron chi connectivity index (χ3n) is 0.879. The van der Waals surface area contributed by atoms with Gasteiger partial charge in [-0.15, -0.1) is 0 Å². The van der Waals surface area contributed by atoms with Crippen molar-refractivity contribution in [3.05, 3.63) is 24.1 Å². The zero-order chi connectivity index (χ0) is 10.6. The molecule has 0 bridgehead atoms. The molecule has 0 N–H and O–H groups in total. The molecule has 0 saturated carbocycles. The summed E-state index contributed by atoms with van der Waals surface area (Å²) in [5.41, 5.74) is -0.194. The van der Waals surface area contributed by atoms with Gasteiger partial charge in [0.25, 0.3) is 5.83 Å². The summed E-state index contributed by atoms with van der Waals surface area (Å²) in [6.45, 7) is 4.24. The molecule has 0 radical (unpaired) electrons. The Morgan fingerprint density at radius 2 is 1.62 bits per heavy atom. The van der Waals surface area contributed by atoms with Gasteiger partial charge in [-0.25, -0.2) is 9.59 Å². The van der Waals surface area contributed by atoms with Crippen molar-refractivity contribution < 1.29 is 27.5 Å². The molecular formula is C7H5F3O3. The second kappa shape index (κ2) is 4.44. The van der Waals surface area contributed by atoms with E-state index >= 15 is 0 Å². The molecule has 0 saturated heterocycles. The van der Waals surface area contributed by atoms with Gasteiger partial charge in [-0.2, -0.15) is 13.2 Å². The molecule has 0 fully saturated rings. The Labute approximate surface area is 71.5 Å². The van der Waals surface area contributed by atoms with Crippen LogP contribution in [0, 0.1) is 0 Å². The quantitative estimate of drug-likeness (QED) is 0.381. The van der Waals surface area contributed by atoms with E-state index in [0.717, 1.165) is 0 Å². The standard InChI is InChI=1S/C7H5F3O3/c1-3(2)6(11)13-7(12)4(8)5(9)10/h1H2,2H3. The SMILES string of the molecule is C=C(C)C(=O)OC(=O)C(F)=C(F)F. The van der Waals surface area contributed by atoms with Crippen LogP contribution in [0.1, 0.15) is 6.92 Å². The first-order chi connectivity index (χ1) is 5.86. The number of halogens is 3. The lowest BCUT2D eigenvalue weighted by atomic mass is 10.4. The first-order valence-corrected chi connectivity index (χ1v) is 2.99. The van der Waals surface area contributed by atoms with E-state index in [0.29, 0.717) is 0 Å². The number of esters is 2. The van der Waals surface area contributed by atoms with Crippen LogP contribution in [-0.4, -0.2) is 11.9 Å². The third-order valence-corrected chi connectivity index (χ3v) is 0.879. The Kier molecular flexibility index (Phi) is 3.90. The zero-order valence-electron chi connectivity index (χ0n) is 6.57. The Morgan fingerprint density at radius 3 is 1.92 bits per heavy atom. The number of carbonyl (C=O) groups is 2. The molecule has 0 aromatic rings. The number of hydrogen-bond acceptors (Lipinski definition) is 3. The second-order valence-electron chi connectivity index (χ2n) is 2.03. The van der Waals surface area contributed by atoms with Crippen LogP contribution in [0.5, 0.6) is 0 Å². The predicted molar refractivity (Wildman–Crippen MR) is 36.3 cm³/mol. The molecule has 0 aliphatic heterocycles. The maximum atomic E-state index is 12.0. The van der Waals surface area contributed by atoms with E-state index in [1.165, 1.54) is 6.92 Å². The van der Waals surface area contributed by atoms with E-state index in [-0.39, 0.29) is 5.57 Å². The maximum Gasteiger partial charge on any atom is 0.380 e. The van der Waals surface area contributed by atoms with Gasteiger partial charge in [0.15, 0.2) is 0 Å². The van der Waals surface area contributed by atoms with E-state index in [1.807, 2.05) is 0 Å². The summed E-state index contributed by atoms with van der Waals surface area (Å²) in [6, 6.07) is 0. The van der Waals surface area contributed by atoms with Crippen LogP contribution in [-0.2, 0) is 14.3 Å². The highest BCUT2D eigenvalue weighted by Gasteiger charge is 2.20. The summed E-state index contributed by atoms with van der Waals surface area (Å²) in [5, 5.41) is 0. The first kappa shape index (κ1) is 11.4. The third kappa shape index (κ3) is 3.55. The van der Waals surface area contributed by atoms with Crippen LogP contribution >= 0.6 is 0 Å². The fraction of sp³-hybridized carbons (Fsp3) is 0.143. The van der Waals surface area contributed by atoms with Crippen molar-refractivity contribution in [3.8, 4) is 0 Å². The Balaban J connectivity index is 4.43. The predicted octanol–water partition coefficient (Wildman–Crippen LogP) is 1.71. The van der Waals surface area contributed by atoms with Gasteiger partial charge < -0.3 is 4.74 Å². The van der Waals surface area contributed by atoms with E-state index in [9.17, 15) is 22.8 Å². The van der Waals surface area contributed by atoms with Gasteiger partial charge in [-0.05, 0) is 6.92 Å². The summed E-state index contributed by atoms with van der Waals surface area (Å²) in [7, 11) is 0. The van der Waals surface area contributed by atoms with Crippen molar-refractivity contribution >= 4 is 11.9 Å². The summed E-state index contributed by atoms with van der Waals surface area (Å²) < 4.78 is 38.5.